The van der Waals surface area contributed by atoms with Crippen LogP contribution in [0.3, 0.4) is 0 Å². The summed E-state index contributed by atoms with van der Waals surface area (Å²) < 4.78 is 26.0. The first-order valence-corrected chi connectivity index (χ1v) is 10.5. The first-order valence-electron chi connectivity index (χ1n) is 9.01. The highest BCUT2D eigenvalue weighted by molar-refractivity contribution is 7.89. The Morgan fingerprint density at radius 2 is 1.86 bits per heavy atom. The lowest BCUT2D eigenvalue weighted by Crippen LogP contribution is -2.36. The average molecular weight is 401 g/mol. The van der Waals surface area contributed by atoms with E-state index in [1.807, 2.05) is 25.1 Å². The monoisotopic (exact) mass is 400 g/mol. The number of fused-ring (bicyclic) bond motifs is 1. The van der Waals surface area contributed by atoms with E-state index in [4.69, 9.17) is 0 Å². The van der Waals surface area contributed by atoms with Gasteiger partial charge in [-0.1, -0.05) is 30.3 Å². The van der Waals surface area contributed by atoms with Gasteiger partial charge in [0.15, 0.2) is 0 Å². The molecule has 4 N–H and O–H groups in total. The molecule has 148 valence electrons. The number of benzene rings is 2. The summed E-state index contributed by atoms with van der Waals surface area (Å²) in [6.45, 7) is 2.77. The molecule has 7 nitrogen and oxygen atoms in total. The minimum Gasteiger partial charge on any atom is -0.358 e. The highest BCUT2D eigenvalue weighted by Crippen LogP contribution is 2.21. The Kier molecular flexibility index (Phi) is 6.01. The molecular formula is C20H24N4O3S. The standard InChI is InChI=1S/C20H24N4O3S/c1-14-17(18-8-3-4-9-19(18)24-14)10-11-22-20(25)23-13-15-6-5-7-16(12-15)28(26,27)21-2/h3-9,12,21,24H,10-11,13H2,1-2H3,(H2,22,23,25). The topological polar surface area (TPSA) is 103 Å². The number of urea groups is 1. The Labute approximate surface area is 164 Å². The van der Waals surface area contributed by atoms with Crippen molar-refractivity contribution in [1.29, 1.82) is 0 Å². The summed E-state index contributed by atoms with van der Waals surface area (Å²) in [5.74, 6) is 0. The molecule has 1 aromatic heterocycles. The minimum atomic E-state index is -3.50. The predicted molar refractivity (Wildman–Crippen MR) is 110 cm³/mol. The number of amides is 2. The van der Waals surface area contributed by atoms with Gasteiger partial charge in [-0.05, 0) is 49.7 Å². The Bertz CT molecular complexity index is 1090. The first kappa shape index (κ1) is 19.9. The summed E-state index contributed by atoms with van der Waals surface area (Å²) in [6, 6.07) is 14.3. The van der Waals surface area contributed by atoms with Crippen molar-refractivity contribution in [3.63, 3.8) is 0 Å². The SMILES string of the molecule is CNS(=O)(=O)c1cccc(CNC(=O)NCCc2c(C)[nH]c3ccccc23)c1. The van der Waals surface area contributed by atoms with Crippen molar-refractivity contribution in [2.24, 2.45) is 0 Å². The second kappa shape index (κ2) is 8.45. The van der Waals surface area contributed by atoms with Gasteiger partial charge in [0, 0.05) is 29.7 Å². The molecule has 0 radical (unpaired) electrons. The van der Waals surface area contributed by atoms with Gasteiger partial charge < -0.3 is 15.6 Å². The van der Waals surface area contributed by atoms with Crippen LogP contribution in [0.2, 0.25) is 0 Å². The maximum Gasteiger partial charge on any atom is 0.315 e. The van der Waals surface area contributed by atoms with Crippen molar-refractivity contribution >= 4 is 27.0 Å². The van der Waals surface area contributed by atoms with E-state index < -0.39 is 10.0 Å². The quantitative estimate of drug-likeness (QED) is 0.490. The lowest BCUT2D eigenvalue weighted by Gasteiger charge is -2.09. The fourth-order valence-electron chi connectivity index (χ4n) is 3.14. The summed E-state index contributed by atoms with van der Waals surface area (Å²) >= 11 is 0. The highest BCUT2D eigenvalue weighted by Gasteiger charge is 2.12. The van der Waals surface area contributed by atoms with Gasteiger partial charge in [-0.25, -0.2) is 17.9 Å². The molecule has 0 saturated carbocycles. The number of sulfonamides is 1. The van der Waals surface area contributed by atoms with Crippen molar-refractivity contribution in [2.75, 3.05) is 13.6 Å². The Balaban J connectivity index is 1.53. The van der Waals surface area contributed by atoms with Crippen molar-refractivity contribution < 1.29 is 13.2 Å². The van der Waals surface area contributed by atoms with Crippen molar-refractivity contribution in [3.05, 3.63) is 65.4 Å². The number of hydrogen-bond donors (Lipinski definition) is 4. The van der Waals surface area contributed by atoms with Gasteiger partial charge in [-0.3, -0.25) is 0 Å². The van der Waals surface area contributed by atoms with Crippen LogP contribution in [0, 0.1) is 6.92 Å². The molecule has 28 heavy (non-hydrogen) atoms. The number of rotatable bonds is 7. The maximum atomic E-state index is 12.1. The van der Waals surface area contributed by atoms with Crippen LogP contribution in [0.1, 0.15) is 16.8 Å². The number of carbonyl (C=O) groups is 1. The number of para-hydroxylation sites is 1. The van der Waals surface area contributed by atoms with Gasteiger partial charge in [0.25, 0.3) is 0 Å². The van der Waals surface area contributed by atoms with Crippen molar-refractivity contribution in [1.82, 2.24) is 20.3 Å². The molecular weight excluding hydrogens is 376 g/mol. The minimum absolute atomic E-state index is 0.171. The van der Waals surface area contributed by atoms with Crippen LogP contribution in [0.15, 0.2) is 53.4 Å². The molecule has 2 aromatic carbocycles. The van der Waals surface area contributed by atoms with Crippen LogP contribution in [0.25, 0.3) is 10.9 Å². The van der Waals surface area contributed by atoms with E-state index in [1.54, 1.807) is 18.2 Å². The number of aromatic nitrogens is 1. The summed E-state index contributed by atoms with van der Waals surface area (Å²) in [5, 5.41) is 6.77. The molecule has 0 bridgehead atoms. The molecule has 0 aliphatic heterocycles. The Morgan fingerprint density at radius 1 is 1.07 bits per heavy atom. The number of hydrogen-bond acceptors (Lipinski definition) is 3. The normalized spacial score (nSPS) is 11.5. The molecule has 0 aliphatic rings. The van der Waals surface area contributed by atoms with Gasteiger partial charge in [0.05, 0.1) is 4.90 Å². The summed E-state index contributed by atoms with van der Waals surface area (Å²) in [4.78, 5) is 15.6. The van der Waals surface area contributed by atoms with Crippen molar-refractivity contribution in [2.45, 2.75) is 24.8 Å². The first-order chi connectivity index (χ1) is 13.4. The van der Waals surface area contributed by atoms with E-state index >= 15 is 0 Å². The molecule has 1 heterocycles. The van der Waals surface area contributed by atoms with Gasteiger partial charge >= 0.3 is 6.03 Å². The lowest BCUT2D eigenvalue weighted by molar-refractivity contribution is 0.240. The van der Waals surface area contributed by atoms with Crippen molar-refractivity contribution in [3.8, 4) is 0 Å². The van der Waals surface area contributed by atoms with E-state index in [2.05, 4.69) is 26.4 Å². The third kappa shape index (κ3) is 4.52. The largest absolute Gasteiger partial charge is 0.358 e. The molecule has 3 aromatic rings. The molecule has 3 rings (SSSR count). The third-order valence-electron chi connectivity index (χ3n) is 4.62. The molecule has 0 aliphatic carbocycles. The zero-order valence-electron chi connectivity index (χ0n) is 15.9. The fraction of sp³-hybridized carbons (Fsp3) is 0.250. The molecule has 8 heteroatoms. The van der Waals surface area contributed by atoms with Crippen LogP contribution in [0.4, 0.5) is 4.79 Å². The average Bonchev–Trinajstić information content (AvgIpc) is 3.02. The zero-order valence-corrected chi connectivity index (χ0v) is 16.7. The molecule has 2 amide bonds. The summed E-state index contributed by atoms with van der Waals surface area (Å²) in [5.41, 5.74) is 4.10. The second-order valence-electron chi connectivity index (χ2n) is 6.49. The number of H-pyrrole nitrogens is 1. The van der Waals surface area contributed by atoms with Gasteiger partial charge in [-0.2, -0.15) is 0 Å². The van der Waals surface area contributed by atoms with Gasteiger partial charge in [0.2, 0.25) is 10.0 Å². The third-order valence-corrected chi connectivity index (χ3v) is 6.03. The van der Waals surface area contributed by atoms with E-state index in [0.717, 1.165) is 17.6 Å². The highest BCUT2D eigenvalue weighted by atomic mass is 32.2. The Hall–Kier alpha value is -2.84. The fourth-order valence-corrected chi connectivity index (χ4v) is 3.94. The zero-order chi connectivity index (χ0) is 20.1. The van der Waals surface area contributed by atoms with Crippen LogP contribution in [0.5, 0.6) is 0 Å². The maximum absolute atomic E-state index is 12.1. The van der Waals surface area contributed by atoms with E-state index in [-0.39, 0.29) is 17.5 Å². The number of aromatic amines is 1. The number of nitrogens with one attached hydrogen (secondary N) is 4. The van der Waals surface area contributed by atoms with Crippen LogP contribution >= 0.6 is 0 Å². The number of aryl methyl sites for hydroxylation is 1. The molecule has 0 fully saturated rings. The molecule has 0 saturated heterocycles. The number of carbonyl (C=O) groups excluding carboxylic acids is 1. The van der Waals surface area contributed by atoms with E-state index in [0.29, 0.717) is 12.1 Å². The van der Waals surface area contributed by atoms with E-state index in [1.165, 1.54) is 24.1 Å². The smallest absolute Gasteiger partial charge is 0.315 e. The van der Waals surface area contributed by atoms with Crippen LogP contribution in [-0.4, -0.2) is 33.0 Å². The molecule has 0 unspecified atom stereocenters. The van der Waals surface area contributed by atoms with E-state index in [9.17, 15) is 13.2 Å². The van der Waals surface area contributed by atoms with Gasteiger partial charge in [0.1, 0.15) is 0 Å². The summed E-state index contributed by atoms with van der Waals surface area (Å²) in [7, 11) is -2.14. The molecule has 0 atom stereocenters. The van der Waals surface area contributed by atoms with Crippen LogP contribution < -0.4 is 15.4 Å². The summed E-state index contributed by atoms with van der Waals surface area (Å²) in [6.07, 6.45) is 0.721. The molecule has 0 spiro atoms. The second-order valence-corrected chi connectivity index (χ2v) is 8.38. The lowest BCUT2D eigenvalue weighted by atomic mass is 10.1. The predicted octanol–water partition coefficient (Wildman–Crippen LogP) is 2.43. The van der Waals surface area contributed by atoms with Gasteiger partial charge in [-0.15, -0.1) is 0 Å². The Morgan fingerprint density at radius 3 is 2.64 bits per heavy atom. The van der Waals surface area contributed by atoms with Crippen LogP contribution in [-0.2, 0) is 23.0 Å².